The van der Waals surface area contributed by atoms with E-state index in [2.05, 4.69) is 32.6 Å². The second-order valence-electron chi connectivity index (χ2n) is 11.0. The van der Waals surface area contributed by atoms with Crippen molar-refractivity contribution in [2.75, 3.05) is 64.5 Å². The summed E-state index contributed by atoms with van der Waals surface area (Å²) >= 11 is -0.339. The molecule has 1 amide bonds. The fraction of sp³-hybridized carbons (Fsp3) is 0.552. The van der Waals surface area contributed by atoms with Gasteiger partial charge in [0.1, 0.15) is 17.3 Å². The number of ether oxygens (including phenoxy) is 2. The first-order valence-corrected chi connectivity index (χ1v) is 15.5. The smallest absolute Gasteiger partial charge is 0.390 e. The van der Waals surface area contributed by atoms with Gasteiger partial charge in [0.05, 0.1) is 56.9 Å². The number of amides is 1. The summed E-state index contributed by atoms with van der Waals surface area (Å²) in [5, 5.41) is 19.0. The van der Waals surface area contributed by atoms with Crippen LogP contribution in [0.4, 0.5) is 27.6 Å². The molecule has 0 radical (unpaired) electrons. The maximum atomic E-state index is 14.0. The number of carbonyl (C=O) groups is 1. The molecule has 17 heteroatoms. The summed E-state index contributed by atoms with van der Waals surface area (Å²) in [7, 11) is 0. The second-order valence-corrected chi connectivity index (χ2v) is 12.0. The molecule has 250 valence electrons. The van der Waals surface area contributed by atoms with Crippen molar-refractivity contribution in [1.29, 1.82) is 0 Å². The molecule has 2 aliphatic rings. The van der Waals surface area contributed by atoms with Crippen LogP contribution in [0.5, 0.6) is 0 Å². The lowest BCUT2D eigenvalue weighted by atomic mass is 9.89. The van der Waals surface area contributed by atoms with Crippen LogP contribution >= 0.6 is 11.8 Å². The van der Waals surface area contributed by atoms with Gasteiger partial charge in [-0.1, -0.05) is 5.92 Å². The van der Waals surface area contributed by atoms with Gasteiger partial charge in [0.15, 0.2) is 5.65 Å². The predicted molar refractivity (Wildman–Crippen MR) is 159 cm³/mol. The average Bonchev–Trinajstić information content (AvgIpc) is 3.62. The van der Waals surface area contributed by atoms with E-state index in [9.17, 15) is 26.7 Å². The number of hydrogen-bond donors (Lipinski definition) is 3. The first-order valence-electron chi connectivity index (χ1n) is 14.7. The van der Waals surface area contributed by atoms with Crippen LogP contribution in [-0.2, 0) is 16.0 Å². The van der Waals surface area contributed by atoms with Crippen molar-refractivity contribution in [2.24, 2.45) is 5.92 Å². The topological polar surface area (TPSA) is 118 Å². The van der Waals surface area contributed by atoms with Crippen molar-refractivity contribution in [1.82, 2.24) is 29.4 Å². The summed E-state index contributed by atoms with van der Waals surface area (Å²) in [6.07, 6.45) is 5.38. The first kappa shape index (κ1) is 33.9. The molecule has 1 fully saturated rings. The molecule has 0 aliphatic carbocycles. The normalized spacial score (nSPS) is 21.2. The molecule has 11 nitrogen and oxygen atoms in total. The number of nitrogens with zero attached hydrogens (tertiary/aromatic N) is 5. The van der Waals surface area contributed by atoms with Gasteiger partial charge in [0.2, 0.25) is 0 Å². The Labute approximate surface area is 265 Å². The van der Waals surface area contributed by atoms with Crippen molar-refractivity contribution in [3.63, 3.8) is 0 Å². The molecular weight excluding hydrogens is 637 g/mol. The molecule has 5 rings (SSSR count). The molecule has 3 aromatic rings. The summed E-state index contributed by atoms with van der Waals surface area (Å²) in [4.78, 5) is 18.6. The molecule has 3 N–H and O–H groups in total. The van der Waals surface area contributed by atoms with Crippen molar-refractivity contribution in [2.45, 2.75) is 41.9 Å². The third-order valence-electron chi connectivity index (χ3n) is 7.57. The summed E-state index contributed by atoms with van der Waals surface area (Å²) in [6, 6.07) is 3.06. The molecule has 5 heterocycles. The van der Waals surface area contributed by atoms with Crippen LogP contribution in [0, 0.1) is 17.8 Å². The number of anilines is 1. The number of thioether (sulfide) groups is 1. The molecule has 0 spiro atoms. The van der Waals surface area contributed by atoms with Crippen LogP contribution in [0.1, 0.15) is 28.9 Å². The summed E-state index contributed by atoms with van der Waals surface area (Å²) in [5.41, 5.74) is -3.76. The minimum Gasteiger partial charge on any atom is -0.390 e. The van der Waals surface area contributed by atoms with E-state index < -0.39 is 30.5 Å². The molecule has 1 saturated heterocycles. The third kappa shape index (κ3) is 9.10. The summed E-state index contributed by atoms with van der Waals surface area (Å²) < 4.78 is 83.2. The number of alkyl halides is 5. The molecule has 0 unspecified atom stereocenters. The van der Waals surface area contributed by atoms with Gasteiger partial charge in [-0.3, -0.25) is 18.8 Å². The Hall–Kier alpha value is -3.43. The van der Waals surface area contributed by atoms with Crippen LogP contribution < -0.4 is 10.6 Å². The number of nitrogens with one attached hydrogen (secondary N) is 2. The molecular formula is C29H34F5N7O4S. The third-order valence-corrected chi connectivity index (χ3v) is 8.39. The van der Waals surface area contributed by atoms with Crippen LogP contribution in [-0.4, -0.2) is 112 Å². The van der Waals surface area contributed by atoms with Crippen molar-refractivity contribution >= 4 is 29.0 Å². The molecule has 0 saturated carbocycles. The average molecular weight is 672 g/mol. The number of hydrogen-bond acceptors (Lipinski definition) is 9. The number of aliphatic hydroxyl groups is 1. The lowest BCUT2D eigenvalue weighted by Crippen LogP contribution is -2.50. The number of imidazole rings is 1. The Bertz CT molecular complexity index is 1550. The Morgan fingerprint density at radius 2 is 1.91 bits per heavy atom. The van der Waals surface area contributed by atoms with Crippen LogP contribution in [0.15, 0.2) is 35.7 Å². The molecule has 4 bridgehead atoms. The van der Waals surface area contributed by atoms with Crippen molar-refractivity contribution in [3.8, 4) is 11.8 Å². The van der Waals surface area contributed by atoms with E-state index in [1.54, 1.807) is 27.9 Å². The number of carbonyl (C=O) groups excluding carboxylic acids is 1. The van der Waals surface area contributed by atoms with Gasteiger partial charge in [-0.2, -0.15) is 18.3 Å². The van der Waals surface area contributed by atoms with Crippen LogP contribution in [0.25, 0.3) is 5.65 Å². The monoisotopic (exact) mass is 671 g/mol. The van der Waals surface area contributed by atoms with Gasteiger partial charge in [-0.25, -0.2) is 13.8 Å². The number of pyridine rings is 1. The van der Waals surface area contributed by atoms with E-state index >= 15 is 0 Å². The zero-order valence-corrected chi connectivity index (χ0v) is 25.5. The molecule has 2 aliphatic heterocycles. The Kier molecular flexibility index (Phi) is 11.1. The van der Waals surface area contributed by atoms with Gasteiger partial charge in [-0.15, -0.1) is 0 Å². The number of likely N-dealkylation sites (tertiary alicyclic amines) is 1. The highest BCUT2D eigenvalue weighted by molar-refractivity contribution is 8.00. The van der Waals surface area contributed by atoms with E-state index in [1.165, 1.54) is 16.8 Å². The van der Waals surface area contributed by atoms with Crippen molar-refractivity contribution < 1.29 is 41.3 Å². The standard InChI is InChI=1S/C29H34F5N7O4S/c30-28(31,19-42)18-39-9-5-22-20(16-39)6-11-44-13-14-45-12-10-40-17-21(15-36-40)26(43)35-7-1-3-24-27(46-29(32,33)34)41-8-2-4-23(37-22)25(41)38-24/h2,4,8,15,17,20,22,37,42H,5-7,9-14,16,18-19H2,(H,35,43)/t20-,22-/m0/s1. The van der Waals surface area contributed by atoms with Crippen LogP contribution in [0.2, 0.25) is 0 Å². The Morgan fingerprint density at radius 1 is 1.11 bits per heavy atom. The summed E-state index contributed by atoms with van der Waals surface area (Å²) in [6.45, 7) is 0.317. The second kappa shape index (κ2) is 15.0. The first-order chi connectivity index (χ1) is 22.0. The zero-order chi connectivity index (χ0) is 32.7. The van der Waals surface area contributed by atoms with E-state index in [1.807, 2.05) is 0 Å². The van der Waals surface area contributed by atoms with Gasteiger partial charge in [-0.05, 0) is 36.8 Å². The maximum absolute atomic E-state index is 14.0. The van der Waals surface area contributed by atoms with E-state index in [-0.39, 0.29) is 46.6 Å². The fourth-order valence-corrected chi connectivity index (χ4v) is 6.09. The highest BCUT2D eigenvalue weighted by Gasteiger charge is 2.37. The molecule has 2 atom stereocenters. The number of aliphatic hydroxyl groups excluding tert-OH is 1. The van der Waals surface area contributed by atoms with Gasteiger partial charge in [0.25, 0.3) is 11.8 Å². The fourth-order valence-electron chi connectivity index (χ4n) is 5.43. The molecule has 0 aromatic carbocycles. The highest BCUT2D eigenvalue weighted by atomic mass is 32.2. The van der Waals surface area contributed by atoms with E-state index in [4.69, 9.17) is 14.6 Å². The lowest BCUT2D eigenvalue weighted by molar-refractivity contribution is -0.0797. The quantitative estimate of drug-likeness (QED) is 0.219. The SMILES string of the molecule is O=C1NCC#Cc2nc3c(cccn3c2SC(F)(F)F)N[C@H]2CCN(CC(F)(F)CO)C[C@@H]2CCOCCOCCn2cc1cn2. The van der Waals surface area contributed by atoms with Crippen molar-refractivity contribution in [3.05, 3.63) is 42.0 Å². The van der Waals surface area contributed by atoms with E-state index in [0.29, 0.717) is 70.2 Å². The van der Waals surface area contributed by atoms with Gasteiger partial charge >= 0.3 is 5.51 Å². The number of aromatic nitrogens is 4. The number of rotatable bonds is 4. The zero-order valence-electron chi connectivity index (χ0n) is 24.7. The predicted octanol–water partition coefficient (Wildman–Crippen LogP) is 3.09. The number of halogens is 5. The highest BCUT2D eigenvalue weighted by Crippen LogP contribution is 2.40. The molecule has 46 heavy (non-hydrogen) atoms. The van der Waals surface area contributed by atoms with Gasteiger partial charge < -0.3 is 25.2 Å². The minimum atomic E-state index is -4.62. The summed E-state index contributed by atoms with van der Waals surface area (Å²) in [5.74, 6) is 1.51. The van der Waals surface area contributed by atoms with Crippen LogP contribution in [0.3, 0.4) is 0 Å². The lowest BCUT2D eigenvalue weighted by Gasteiger charge is -2.40. The Balaban J connectivity index is 1.43. The Morgan fingerprint density at radius 3 is 2.70 bits per heavy atom. The van der Waals surface area contributed by atoms with Gasteiger partial charge in [0, 0.05) is 49.9 Å². The molecule has 3 aromatic heterocycles. The number of piperidine rings is 1. The number of fused-ring (bicyclic) bond motifs is 4. The largest absolute Gasteiger partial charge is 0.447 e. The van der Waals surface area contributed by atoms with E-state index in [0.717, 1.165) is 0 Å². The maximum Gasteiger partial charge on any atom is 0.447 e. The minimum absolute atomic E-state index is 0.108.